The summed E-state index contributed by atoms with van der Waals surface area (Å²) in [5.74, 6) is 0. The Balaban J connectivity index is 1.76. The summed E-state index contributed by atoms with van der Waals surface area (Å²) in [6.07, 6.45) is -0.652. The summed E-state index contributed by atoms with van der Waals surface area (Å²) in [7, 11) is 0. The molecule has 2 atom stereocenters. The predicted molar refractivity (Wildman–Crippen MR) is 131 cm³/mol. The molecule has 0 fully saturated rings. The van der Waals surface area contributed by atoms with E-state index < -0.39 is 0 Å². The molecule has 4 rings (SSSR count). The molecular weight excluding hydrogens is 392 g/mol. The van der Waals surface area contributed by atoms with Crippen molar-refractivity contribution in [1.82, 2.24) is 0 Å². The molecule has 0 saturated carbocycles. The van der Waals surface area contributed by atoms with Crippen molar-refractivity contribution in [2.75, 3.05) is 0 Å². The lowest BCUT2D eigenvalue weighted by atomic mass is 9.93. The fourth-order valence-corrected chi connectivity index (χ4v) is 4.39. The lowest BCUT2D eigenvalue weighted by molar-refractivity contribution is -0.341. The zero-order valence-corrected chi connectivity index (χ0v) is 19.2. The lowest BCUT2D eigenvalue weighted by Crippen LogP contribution is -2.15. The van der Waals surface area contributed by atoms with E-state index in [9.17, 15) is 0 Å². The van der Waals surface area contributed by atoms with E-state index in [2.05, 4.69) is 88.4 Å². The summed E-state index contributed by atoms with van der Waals surface area (Å²) in [5, 5.41) is 0. The molecule has 2 heteroatoms. The van der Waals surface area contributed by atoms with E-state index in [1.54, 1.807) is 0 Å². The molecule has 0 radical (unpaired) electrons. The van der Waals surface area contributed by atoms with Crippen LogP contribution in [0.3, 0.4) is 0 Å². The molecule has 162 valence electrons. The van der Waals surface area contributed by atoms with Crippen LogP contribution in [0.4, 0.5) is 0 Å². The molecule has 2 unspecified atom stereocenters. The van der Waals surface area contributed by atoms with Crippen molar-refractivity contribution in [2.24, 2.45) is 0 Å². The smallest absolute Gasteiger partial charge is 0.144 e. The van der Waals surface area contributed by atoms with Crippen LogP contribution in [0.15, 0.2) is 97.1 Å². The summed E-state index contributed by atoms with van der Waals surface area (Å²) in [4.78, 5) is 12.7. The molecule has 2 nitrogen and oxygen atoms in total. The maximum atomic E-state index is 6.36. The summed E-state index contributed by atoms with van der Waals surface area (Å²) < 4.78 is 0. The fourth-order valence-electron chi connectivity index (χ4n) is 4.39. The van der Waals surface area contributed by atoms with E-state index in [1.165, 1.54) is 22.3 Å². The third-order valence-electron chi connectivity index (χ3n) is 6.06. The van der Waals surface area contributed by atoms with Crippen LogP contribution in [0.5, 0.6) is 0 Å². The minimum Gasteiger partial charge on any atom is -0.223 e. The molecule has 32 heavy (non-hydrogen) atoms. The third-order valence-corrected chi connectivity index (χ3v) is 6.06. The molecule has 0 aliphatic rings. The Labute approximate surface area is 191 Å². The second kappa shape index (κ2) is 9.95. The molecule has 0 aromatic heterocycles. The summed E-state index contributed by atoms with van der Waals surface area (Å²) in [6, 6.07) is 33.3. The van der Waals surface area contributed by atoms with Gasteiger partial charge >= 0.3 is 0 Å². The Morgan fingerprint density at radius 1 is 0.406 bits per heavy atom. The normalized spacial score (nSPS) is 13.0. The molecule has 0 bridgehead atoms. The summed E-state index contributed by atoms with van der Waals surface area (Å²) in [5.41, 5.74) is 9.17. The molecule has 4 aromatic rings. The van der Waals surface area contributed by atoms with E-state index in [1.807, 2.05) is 36.4 Å². The highest BCUT2D eigenvalue weighted by molar-refractivity contribution is 5.42. The van der Waals surface area contributed by atoms with Crippen molar-refractivity contribution in [1.29, 1.82) is 0 Å². The molecule has 0 aliphatic heterocycles. The average Bonchev–Trinajstić information content (AvgIpc) is 2.80. The van der Waals surface area contributed by atoms with Crippen LogP contribution in [0.25, 0.3) is 0 Å². The molecule has 0 spiro atoms. The molecule has 0 saturated heterocycles. The first-order valence-corrected chi connectivity index (χ1v) is 11.1. The Morgan fingerprint density at radius 2 is 0.719 bits per heavy atom. The number of rotatable bonds is 7. The fraction of sp³-hybridized carbons (Fsp3) is 0.200. The van der Waals surface area contributed by atoms with Crippen molar-refractivity contribution >= 4 is 0 Å². The van der Waals surface area contributed by atoms with Gasteiger partial charge in [-0.15, -0.1) is 0 Å². The quantitative estimate of drug-likeness (QED) is 0.224. The highest BCUT2D eigenvalue weighted by atomic mass is 17.2. The Morgan fingerprint density at radius 3 is 1.03 bits per heavy atom. The van der Waals surface area contributed by atoms with E-state index in [0.717, 1.165) is 22.3 Å². The van der Waals surface area contributed by atoms with Gasteiger partial charge in [-0.25, -0.2) is 9.78 Å². The Bertz CT molecular complexity index is 1030. The Kier molecular flexibility index (Phi) is 6.84. The first-order valence-electron chi connectivity index (χ1n) is 11.1. The van der Waals surface area contributed by atoms with Crippen LogP contribution < -0.4 is 0 Å². The van der Waals surface area contributed by atoms with Gasteiger partial charge in [0, 0.05) is 0 Å². The van der Waals surface area contributed by atoms with E-state index in [0.29, 0.717) is 0 Å². The number of benzene rings is 4. The van der Waals surface area contributed by atoms with Crippen LogP contribution in [0.1, 0.15) is 56.7 Å². The van der Waals surface area contributed by atoms with Gasteiger partial charge in [0.25, 0.3) is 0 Å². The van der Waals surface area contributed by atoms with Crippen molar-refractivity contribution < 1.29 is 9.78 Å². The topological polar surface area (TPSA) is 18.5 Å². The van der Waals surface area contributed by atoms with Crippen molar-refractivity contribution in [3.63, 3.8) is 0 Å². The standard InChI is InChI=1S/C30H30O2/c1-21-13-11-14-22(2)27(21)29(25-17-7-5-8-18-25)31-32-30(26-19-9-6-10-20-26)28-23(3)15-12-16-24(28)4/h5-20,29-30H,1-4H3. The number of aryl methyl sites for hydroxylation is 4. The third kappa shape index (κ3) is 4.67. The summed E-state index contributed by atoms with van der Waals surface area (Å²) in [6.45, 7) is 8.51. The highest BCUT2D eigenvalue weighted by Crippen LogP contribution is 2.36. The van der Waals surface area contributed by atoms with Gasteiger partial charge in [0.2, 0.25) is 0 Å². The van der Waals surface area contributed by atoms with E-state index in [-0.39, 0.29) is 12.2 Å². The van der Waals surface area contributed by atoms with Crippen molar-refractivity contribution in [3.05, 3.63) is 142 Å². The molecule has 0 heterocycles. The lowest BCUT2D eigenvalue weighted by Gasteiger charge is -2.26. The van der Waals surface area contributed by atoms with Gasteiger partial charge in [-0.1, -0.05) is 97.1 Å². The molecule has 0 aliphatic carbocycles. The highest BCUT2D eigenvalue weighted by Gasteiger charge is 2.25. The zero-order chi connectivity index (χ0) is 22.5. The van der Waals surface area contributed by atoms with Crippen LogP contribution >= 0.6 is 0 Å². The van der Waals surface area contributed by atoms with Gasteiger partial charge in [0.15, 0.2) is 0 Å². The first kappa shape index (κ1) is 22.0. The Hall–Kier alpha value is -3.20. The van der Waals surface area contributed by atoms with Gasteiger partial charge in [-0.3, -0.25) is 0 Å². The minimum atomic E-state index is -0.326. The molecule has 4 aromatic carbocycles. The van der Waals surface area contributed by atoms with Gasteiger partial charge < -0.3 is 0 Å². The average molecular weight is 423 g/mol. The van der Waals surface area contributed by atoms with Crippen LogP contribution in [-0.4, -0.2) is 0 Å². The first-order chi connectivity index (χ1) is 15.6. The minimum absolute atomic E-state index is 0.326. The summed E-state index contributed by atoms with van der Waals surface area (Å²) >= 11 is 0. The molecule has 0 amide bonds. The molecular formula is C30H30O2. The van der Waals surface area contributed by atoms with E-state index >= 15 is 0 Å². The number of hydrogen-bond donors (Lipinski definition) is 0. The maximum absolute atomic E-state index is 6.36. The largest absolute Gasteiger partial charge is 0.223 e. The van der Waals surface area contributed by atoms with Crippen LogP contribution in [0, 0.1) is 27.7 Å². The van der Waals surface area contributed by atoms with Gasteiger partial charge in [0.05, 0.1) is 0 Å². The van der Waals surface area contributed by atoms with Crippen molar-refractivity contribution in [2.45, 2.75) is 39.9 Å². The van der Waals surface area contributed by atoms with Crippen molar-refractivity contribution in [3.8, 4) is 0 Å². The SMILES string of the molecule is Cc1cccc(C)c1C(OOC(c1ccccc1)c1c(C)cccc1C)c1ccccc1. The van der Waals surface area contributed by atoms with Gasteiger partial charge in [-0.05, 0) is 72.2 Å². The van der Waals surface area contributed by atoms with Gasteiger partial charge in [0.1, 0.15) is 12.2 Å². The van der Waals surface area contributed by atoms with E-state index in [4.69, 9.17) is 9.78 Å². The second-order valence-corrected chi connectivity index (χ2v) is 8.38. The zero-order valence-electron chi connectivity index (χ0n) is 19.2. The maximum Gasteiger partial charge on any atom is 0.144 e. The predicted octanol–water partition coefficient (Wildman–Crippen LogP) is 7.75. The van der Waals surface area contributed by atoms with Crippen LogP contribution in [-0.2, 0) is 9.78 Å². The molecule has 0 N–H and O–H groups in total. The monoisotopic (exact) mass is 422 g/mol. The van der Waals surface area contributed by atoms with Crippen LogP contribution in [0.2, 0.25) is 0 Å². The number of hydrogen-bond acceptors (Lipinski definition) is 2. The second-order valence-electron chi connectivity index (χ2n) is 8.38. The van der Waals surface area contributed by atoms with Gasteiger partial charge in [-0.2, -0.15) is 0 Å².